The van der Waals surface area contributed by atoms with Gasteiger partial charge in [0.05, 0.1) is 5.03 Å². The number of hydrogen-bond donors (Lipinski definition) is 0. The second-order valence-electron chi connectivity index (χ2n) is 0.955. The van der Waals surface area contributed by atoms with Crippen molar-refractivity contribution in [2.75, 3.05) is 0 Å². The molecule has 8 heavy (non-hydrogen) atoms. The molecule has 0 amide bonds. The van der Waals surface area contributed by atoms with Crippen molar-refractivity contribution in [2.45, 2.75) is 4.59 Å². The van der Waals surface area contributed by atoms with Gasteiger partial charge in [-0.1, -0.05) is 46.4 Å². The fraction of sp³-hybridized carbons (Fsp3) is 0.333. The molecule has 0 aromatic heterocycles. The monoisotopic (exact) mass is 196 g/mol. The lowest BCUT2D eigenvalue weighted by Gasteiger charge is -2.03. The van der Waals surface area contributed by atoms with E-state index in [1.54, 1.807) is 0 Å². The topological polar surface area (TPSA) is 0 Å². The second kappa shape index (κ2) is 3.11. The van der Waals surface area contributed by atoms with Crippen LogP contribution < -0.4 is 0 Å². The minimum Gasteiger partial charge on any atom is -0.201 e. The van der Waals surface area contributed by atoms with Crippen LogP contribution >= 0.6 is 46.4 Å². The number of halogens is 5. The average molecular weight is 198 g/mol. The van der Waals surface area contributed by atoms with E-state index in [9.17, 15) is 4.39 Å². The van der Waals surface area contributed by atoms with Crippen LogP contribution in [0.4, 0.5) is 4.39 Å². The van der Waals surface area contributed by atoms with Gasteiger partial charge < -0.3 is 0 Å². The predicted octanol–water partition coefficient (Wildman–Crippen LogP) is 3.41. The quantitative estimate of drug-likeness (QED) is 0.566. The minimum atomic E-state index is -2.55. The number of alkyl halides is 3. The van der Waals surface area contributed by atoms with Crippen molar-refractivity contribution in [2.24, 2.45) is 0 Å². The van der Waals surface area contributed by atoms with Gasteiger partial charge in [-0.05, 0) is 0 Å². The Morgan fingerprint density at radius 1 is 1.50 bits per heavy atom. The van der Waals surface area contributed by atoms with Crippen molar-refractivity contribution in [1.29, 1.82) is 0 Å². The maximum atomic E-state index is 12.0. The second-order valence-corrected chi connectivity index (χ2v) is 2.82. The molecule has 0 unspecified atom stereocenters. The predicted molar refractivity (Wildman–Crippen MR) is 35.3 cm³/mol. The molecule has 0 aliphatic heterocycles. The zero-order chi connectivity index (χ0) is 6.78. The molecule has 0 aromatic rings. The molecule has 5 heteroatoms. The van der Waals surface area contributed by atoms with Gasteiger partial charge >= 0.3 is 0 Å². The summed E-state index contributed by atoms with van der Waals surface area (Å²) in [6.07, 6.45) is 0. The highest BCUT2D eigenvalue weighted by Gasteiger charge is 2.26. The summed E-state index contributed by atoms with van der Waals surface area (Å²) in [5.41, 5.74) is 0.765. The van der Waals surface area contributed by atoms with Crippen LogP contribution in [-0.4, -0.2) is 4.59 Å². The summed E-state index contributed by atoms with van der Waals surface area (Å²) in [6.45, 7) is 0. The summed E-state index contributed by atoms with van der Waals surface area (Å²) in [6, 6.07) is 0. The maximum absolute atomic E-state index is 12.0. The van der Waals surface area contributed by atoms with Crippen LogP contribution in [0.1, 0.15) is 0 Å². The fourth-order valence-corrected chi connectivity index (χ4v) is 0.433. The average Bonchev–Trinajstić information content (AvgIpc) is 1.62. The normalized spacial score (nSPS) is 14.4. The van der Waals surface area contributed by atoms with Gasteiger partial charge in [-0.2, -0.15) is 0 Å². The van der Waals surface area contributed by atoms with Crippen molar-refractivity contribution in [3.63, 3.8) is 0 Å². The first-order valence-corrected chi connectivity index (χ1v) is 3.08. The Morgan fingerprint density at radius 2 is 1.88 bits per heavy atom. The van der Waals surface area contributed by atoms with Crippen LogP contribution in [-0.2, 0) is 0 Å². The molecule has 0 aliphatic carbocycles. The number of hydrogen-bond acceptors (Lipinski definition) is 0. The van der Waals surface area contributed by atoms with E-state index < -0.39 is 9.62 Å². The Morgan fingerprint density at radius 3 is 1.88 bits per heavy atom. The molecule has 0 heterocycles. The summed E-state index contributed by atoms with van der Waals surface area (Å²) in [5, 5.41) is -0.442. The van der Waals surface area contributed by atoms with Gasteiger partial charge in [0.2, 0.25) is 0 Å². The first-order valence-electron chi connectivity index (χ1n) is 1.51. The van der Waals surface area contributed by atoms with Gasteiger partial charge in [0.25, 0.3) is 4.59 Å². The zero-order valence-electron chi connectivity index (χ0n) is 3.47. The summed E-state index contributed by atoms with van der Waals surface area (Å²) < 4.78 is 9.48. The first-order chi connectivity index (χ1) is 3.48. The molecular weight excluding hydrogens is 197 g/mol. The van der Waals surface area contributed by atoms with Crippen molar-refractivity contribution in [3.05, 3.63) is 10.6 Å². The van der Waals surface area contributed by atoms with Crippen LogP contribution in [0.2, 0.25) is 0 Å². The Kier molecular flexibility index (Phi) is 3.44. The van der Waals surface area contributed by atoms with Gasteiger partial charge in [0, 0.05) is 5.54 Å². The lowest BCUT2D eigenvalue weighted by molar-refractivity contribution is 0.457. The van der Waals surface area contributed by atoms with Crippen LogP contribution in [0.25, 0.3) is 0 Å². The van der Waals surface area contributed by atoms with Gasteiger partial charge in [-0.25, -0.2) is 4.39 Å². The van der Waals surface area contributed by atoms with E-state index in [0.717, 1.165) is 5.54 Å². The molecule has 0 radical (unpaired) electrons. The van der Waals surface area contributed by atoms with Crippen LogP contribution in [0.15, 0.2) is 10.6 Å². The molecular formula is C3HCl4F. The fourth-order valence-electron chi connectivity index (χ4n) is 0.0619. The third-order valence-electron chi connectivity index (χ3n) is 0.367. The van der Waals surface area contributed by atoms with E-state index in [-0.39, 0.29) is 0 Å². The highest BCUT2D eigenvalue weighted by molar-refractivity contribution is 6.56. The SMILES string of the molecule is FC(Cl)(Cl)/C(Cl)=C\Cl. The van der Waals surface area contributed by atoms with Gasteiger partial charge in [0.1, 0.15) is 0 Å². The molecule has 0 saturated carbocycles. The molecule has 0 saturated heterocycles. The minimum absolute atomic E-state index is 0.442. The van der Waals surface area contributed by atoms with Gasteiger partial charge in [-0.3, -0.25) is 0 Å². The highest BCUT2D eigenvalue weighted by atomic mass is 35.5. The van der Waals surface area contributed by atoms with Crippen LogP contribution in [0.3, 0.4) is 0 Å². The van der Waals surface area contributed by atoms with Crippen molar-refractivity contribution in [3.8, 4) is 0 Å². The lowest BCUT2D eigenvalue weighted by atomic mass is 10.7. The van der Waals surface area contributed by atoms with E-state index >= 15 is 0 Å². The molecule has 0 fully saturated rings. The summed E-state index contributed by atoms with van der Waals surface area (Å²) in [7, 11) is 0. The van der Waals surface area contributed by atoms with Crippen LogP contribution in [0, 0.1) is 0 Å². The summed E-state index contributed by atoms with van der Waals surface area (Å²) >= 11 is 19.6. The molecule has 0 atom stereocenters. The number of allylic oxidation sites excluding steroid dienone is 1. The van der Waals surface area contributed by atoms with E-state index in [2.05, 4.69) is 0 Å². The van der Waals surface area contributed by atoms with E-state index in [1.165, 1.54) is 0 Å². The van der Waals surface area contributed by atoms with E-state index in [1.807, 2.05) is 0 Å². The van der Waals surface area contributed by atoms with Crippen molar-refractivity contribution < 1.29 is 4.39 Å². The summed E-state index contributed by atoms with van der Waals surface area (Å²) in [4.78, 5) is 0. The van der Waals surface area contributed by atoms with Gasteiger partial charge in [0.15, 0.2) is 0 Å². The van der Waals surface area contributed by atoms with Crippen LogP contribution in [0.5, 0.6) is 0 Å². The Hall–Kier alpha value is 0.830. The van der Waals surface area contributed by atoms with E-state index in [0.29, 0.717) is 0 Å². The largest absolute Gasteiger partial charge is 0.294 e. The third kappa shape index (κ3) is 2.98. The first kappa shape index (κ1) is 8.83. The molecule has 0 N–H and O–H groups in total. The Bertz CT molecular complexity index is 102. The molecule has 48 valence electrons. The Labute approximate surface area is 66.2 Å². The zero-order valence-corrected chi connectivity index (χ0v) is 6.49. The maximum Gasteiger partial charge on any atom is 0.294 e. The van der Waals surface area contributed by atoms with Crippen molar-refractivity contribution >= 4 is 46.4 Å². The molecule has 0 bridgehead atoms. The molecule has 0 aliphatic rings. The number of rotatable bonds is 1. The Balaban J connectivity index is 4.03. The highest BCUT2D eigenvalue weighted by Crippen LogP contribution is 2.34. The van der Waals surface area contributed by atoms with E-state index in [4.69, 9.17) is 46.4 Å². The lowest BCUT2D eigenvalue weighted by Crippen LogP contribution is -2.01. The molecule has 0 rings (SSSR count). The van der Waals surface area contributed by atoms with Gasteiger partial charge in [-0.15, -0.1) is 0 Å². The summed E-state index contributed by atoms with van der Waals surface area (Å²) in [5.74, 6) is 0. The molecule has 0 nitrogen and oxygen atoms in total. The smallest absolute Gasteiger partial charge is 0.201 e. The third-order valence-corrected chi connectivity index (χ3v) is 1.67. The van der Waals surface area contributed by atoms with Crippen molar-refractivity contribution in [1.82, 2.24) is 0 Å². The molecule has 0 aromatic carbocycles. The standard InChI is InChI=1S/C3HCl4F/c4-1-2(5)3(6,7)8/h1H/b2-1+. The molecule has 0 spiro atoms.